The van der Waals surface area contributed by atoms with Crippen molar-refractivity contribution >= 4 is 28.9 Å². The van der Waals surface area contributed by atoms with Crippen LogP contribution in [0.15, 0.2) is 42.5 Å². The number of nitrogens with one attached hydrogen (secondary N) is 2. The van der Waals surface area contributed by atoms with Gasteiger partial charge in [0.1, 0.15) is 12.2 Å². The highest BCUT2D eigenvalue weighted by molar-refractivity contribution is 6.31. The fourth-order valence-electron chi connectivity index (χ4n) is 2.43. The number of carbonyl (C=O) groups is 1. The second-order valence-corrected chi connectivity index (χ2v) is 6.14. The fraction of sp³-hybridized carbons (Fsp3) is 0.235. The van der Waals surface area contributed by atoms with Crippen molar-refractivity contribution in [2.75, 3.05) is 18.9 Å². The van der Waals surface area contributed by atoms with Crippen LogP contribution in [0.3, 0.4) is 0 Å². The van der Waals surface area contributed by atoms with Crippen molar-refractivity contribution in [2.45, 2.75) is 13.5 Å². The van der Waals surface area contributed by atoms with Crippen molar-refractivity contribution in [3.63, 3.8) is 0 Å². The van der Waals surface area contributed by atoms with E-state index in [1.807, 2.05) is 38.2 Å². The van der Waals surface area contributed by atoms with Gasteiger partial charge in [-0.3, -0.25) is 14.9 Å². The lowest BCUT2D eigenvalue weighted by Gasteiger charge is -2.15. The summed E-state index contributed by atoms with van der Waals surface area (Å²) in [7, 11) is 1.90. The van der Waals surface area contributed by atoms with E-state index in [1.54, 1.807) is 0 Å². The van der Waals surface area contributed by atoms with Crippen LogP contribution in [0.4, 0.5) is 11.4 Å². The molecule has 7 heteroatoms. The van der Waals surface area contributed by atoms with Gasteiger partial charge in [0.2, 0.25) is 0 Å². The number of hydrogen-bond acceptors (Lipinski definition) is 3. The monoisotopic (exact) mass is 348 g/mol. The molecule has 0 aromatic heterocycles. The number of rotatable bonds is 6. The molecule has 0 radical (unpaired) electrons. The summed E-state index contributed by atoms with van der Waals surface area (Å²) in [5.41, 5.74) is 2.27. The van der Waals surface area contributed by atoms with Crippen LogP contribution in [0.5, 0.6) is 0 Å². The number of anilines is 1. The number of nitrogens with zero attached hydrogens (tertiary/aromatic N) is 1. The Kier molecular flexibility index (Phi) is 5.89. The van der Waals surface area contributed by atoms with Crippen molar-refractivity contribution in [3.05, 3.63) is 68.7 Å². The first kappa shape index (κ1) is 17.9. The molecule has 2 rings (SSSR count). The Morgan fingerprint density at radius 3 is 2.67 bits per heavy atom. The zero-order valence-corrected chi connectivity index (χ0v) is 14.3. The van der Waals surface area contributed by atoms with Gasteiger partial charge in [-0.15, -0.1) is 0 Å². The third-order valence-electron chi connectivity index (χ3n) is 3.65. The van der Waals surface area contributed by atoms with Gasteiger partial charge >= 0.3 is 0 Å². The summed E-state index contributed by atoms with van der Waals surface area (Å²) in [5.74, 6) is -0.300. The van der Waals surface area contributed by atoms with E-state index in [4.69, 9.17) is 11.6 Å². The molecule has 24 heavy (non-hydrogen) atoms. The highest BCUT2D eigenvalue weighted by Crippen LogP contribution is 2.27. The third kappa shape index (κ3) is 4.78. The molecule has 0 aliphatic carbocycles. The summed E-state index contributed by atoms with van der Waals surface area (Å²) >= 11 is 5.86. The van der Waals surface area contributed by atoms with Gasteiger partial charge < -0.3 is 10.2 Å². The summed E-state index contributed by atoms with van der Waals surface area (Å²) in [6, 6.07) is 12.1. The summed E-state index contributed by atoms with van der Waals surface area (Å²) in [6.07, 6.45) is 0. The maximum absolute atomic E-state index is 12.2. The van der Waals surface area contributed by atoms with Gasteiger partial charge in [-0.1, -0.05) is 35.9 Å². The molecule has 126 valence electrons. The van der Waals surface area contributed by atoms with E-state index in [2.05, 4.69) is 5.32 Å². The number of aryl methyl sites for hydroxylation is 1. The smallest absolute Gasteiger partial charge is 0.292 e. The first-order chi connectivity index (χ1) is 11.4. The number of amides is 1. The quantitative estimate of drug-likeness (QED) is 0.620. The molecule has 1 atom stereocenters. The van der Waals surface area contributed by atoms with Crippen LogP contribution in [-0.4, -0.2) is 24.4 Å². The minimum atomic E-state index is -0.546. The number of quaternary nitrogens is 1. The van der Waals surface area contributed by atoms with E-state index < -0.39 is 4.92 Å². The predicted octanol–water partition coefficient (Wildman–Crippen LogP) is 2.21. The van der Waals surface area contributed by atoms with Crippen molar-refractivity contribution in [2.24, 2.45) is 0 Å². The maximum atomic E-state index is 12.2. The third-order valence-corrected chi connectivity index (χ3v) is 3.88. The highest BCUT2D eigenvalue weighted by Gasteiger charge is 2.18. The Morgan fingerprint density at radius 2 is 2.00 bits per heavy atom. The van der Waals surface area contributed by atoms with Crippen LogP contribution in [0.2, 0.25) is 5.02 Å². The maximum Gasteiger partial charge on any atom is 0.292 e. The Balaban J connectivity index is 2.02. The average Bonchev–Trinajstić information content (AvgIpc) is 2.49. The molecule has 0 heterocycles. The predicted molar refractivity (Wildman–Crippen MR) is 93.4 cm³/mol. The van der Waals surface area contributed by atoms with Crippen LogP contribution in [0.1, 0.15) is 11.1 Å². The lowest BCUT2D eigenvalue weighted by Crippen LogP contribution is -3.08. The zero-order valence-electron chi connectivity index (χ0n) is 13.5. The second-order valence-electron chi connectivity index (χ2n) is 5.70. The molecule has 0 saturated heterocycles. The summed E-state index contributed by atoms with van der Waals surface area (Å²) in [5, 5.41) is 13.9. The van der Waals surface area contributed by atoms with Crippen molar-refractivity contribution in [3.8, 4) is 0 Å². The van der Waals surface area contributed by atoms with E-state index in [-0.39, 0.29) is 23.8 Å². The average molecular weight is 349 g/mol. The molecule has 0 aliphatic rings. The van der Waals surface area contributed by atoms with Crippen LogP contribution in [0, 0.1) is 17.0 Å². The molecular weight excluding hydrogens is 330 g/mol. The highest BCUT2D eigenvalue weighted by atomic mass is 35.5. The molecule has 2 aromatic carbocycles. The van der Waals surface area contributed by atoms with E-state index in [9.17, 15) is 14.9 Å². The van der Waals surface area contributed by atoms with E-state index in [0.717, 1.165) is 10.5 Å². The number of halogens is 1. The van der Waals surface area contributed by atoms with Crippen LogP contribution < -0.4 is 10.2 Å². The SMILES string of the molecule is Cc1ccccc1C[NH+](C)CC(=O)Nc1cc(Cl)ccc1[N+](=O)[O-]. The molecule has 2 aromatic rings. The molecule has 6 nitrogen and oxygen atoms in total. The van der Waals surface area contributed by atoms with Gasteiger partial charge in [0.05, 0.1) is 12.0 Å². The zero-order chi connectivity index (χ0) is 17.7. The van der Waals surface area contributed by atoms with Gasteiger partial charge in [-0.05, 0) is 24.6 Å². The van der Waals surface area contributed by atoms with Crippen LogP contribution in [0.25, 0.3) is 0 Å². The Bertz CT molecular complexity index is 764. The second kappa shape index (κ2) is 7.90. The van der Waals surface area contributed by atoms with Crippen molar-refractivity contribution in [1.82, 2.24) is 0 Å². The minimum absolute atomic E-state index is 0.112. The molecule has 2 N–H and O–H groups in total. The summed E-state index contributed by atoms with van der Waals surface area (Å²) in [4.78, 5) is 23.6. The van der Waals surface area contributed by atoms with Gasteiger partial charge in [-0.25, -0.2) is 0 Å². The number of carbonyl (C=O) groups excluding carboxylic acids is 1. The summed E-state index contributed by atoms with van der Waals surface area (Å²) in [6.45, 7) is 2.91. The number of benzene rings is 2. The minimum Gasteiger partial charge on any atom is -0.326 e. The van der Waals surface area contributed by atoms with Crippen LogP contribution in [-0.2, 0) is 11.3 Å². The Hall–Kier alpha value is -2.44. The first-order valence-electron chi connectivity index (χ1n) is 7.46. The fourth-order valence-corrected chi connectivity index (χ4v) is 2.60. The number of nitro groups is 1. The van der Waals surface area contributed by atoms with Crippen molar-refractivity contribution in [1.29, 1.82) is 0 Å². The van der Waals surface area contributed by atoms with Crippen LogP contribution >= 0.6 is 11.6 Å². The molecular formula is C17H19ClN3O3+. The Morgan fingerprint density at radius 1 is 1.29 bits per heavy atom. The van der Waals surface area contributed by atoms with Gasteiger partial charge in [0.25, 0.3) is 11.6 Å². The van der Waals surface area contributed by atoms with Gasteiger partial charge in [0.15, 0.2) is 6.54 Å². The topological polar surface area (TPSA) is 76.7 Å². The standard InChI is InChI=1S/C17H18ClN3O3/c1-12-5-3-4-6-13(12)10-20(2)11-17(22)19-15-9-14(18)7-8-16(15)21(23)24/h3-9H,10-11H2,1-2H3,(H,19,22)/p+1. The number of nitro benzene ring substituents is 1. The van der Waals surface area contributed by atoms with Crippen molar-refractivity contribution < 1.29 is 14.6 Å². The van der Waals surface area contributed by atoms with E-state index in [1.165, 1.54) is 23.8 Å². The Labute approximate surface area is 145 Å². The lowest BCUT2D eigenvalue weighted by molar-refractivity contribution is -0.885. The molecule has 0 saturated carbocycles. The molecule has 1 amide bonds. The molecule has 1 unspecified atom stereocenters. The normalized spacial score (nSPS) is 11.8. The van der Waals surface area contributed by atoms with E-state index in [0.29, 0.717) is 11.6 Å². The number of hydrogen-bond donors (Lipinski definition) is 2. The number of likely N-dealkylation sites (N-methyl/N-ethyl adjacent to an activating group) is 1. The van der Waals surface area contributed by atoms with Gasteiger partial charge in [-0.2, -0.15) is 0 Å². The largest absolute Gasteiger partial charge is 0.326 e. The summed E-state index contributed by atoms with van der Waals surface area (Å²) < 4.78 is 0. The lowest BCUT2D eigenvalue weighted by atomic mass is 10.1. The molecule has 0 bridgehead atoms. The van der Waals surface area contributed by atoms with E-state index >= 15 is 0 Å². The van der Waals surface area contributed by atoms with Gasteiger partial charge in [0, 0.05) is 16.7 Å². The first-order valence-corrected chi connectivity index (χ1v) is 7.84. The molecule has 0 fully saturated rings. The molecule has 0 spiro atoms. The molecule has 0 aliphatic heterocycles.